The molecule has 0 aliphatic heterocycles. The van der Waals surface area contributed by atoms with E-state index in [-0.39, 0.29) is 5.54 Å². The third-order valence-corrected chi connectivity index (χ3v) is 3.04. The number of hydrogen-bond donors (Lipinski definition) is 1. The van der Waals surface area contributed by atoms with E-state index in [0.717, 1.165) is 0 Å². The van der Waals surface area contributed by atoms with E-state index in [1.165, 1.54) is 24.0 Å². The second kappa shape index (κ2) is 1.83. The Kier molecular flexibility index (Phi) is 1.17. The van der Waals surface area contributed by atoms with Gasteiger partial charge in [0.1, 0.15) is 0 Å². The molecule has 0 bridgehead atoms. The van der Waals surface area contributed by atoms with Gasteiger partial charge in [0, 0.05) is 5.54 Å². The normalized spacial score (nSPS) is 21.0. The number of rotatable bonds is 1. The standard InChI is InChI=1S/C8H11NS/c1-6-4-10-5-7(6)8(9)2-3-8/h4-5H,2-3,9H2,1H3. The Bertz CT molecular complexity index is 248. The lowest BCUT2D eigenvalue weighted by atomic mass is 10.1. The van der Waals surface area contributed by atoms with Gasteiger partial charge in [-0.3, -0.25) is 0 Å². The number of aryl methyl sites for hydroxylation is 1. The first kappa shape index (κ1) is 6.38. The van der Waals surface area contributed by atoms with Crippen LogP contribution in [0.3, 0.4) is 0 Å². The Labute approximate surface area is 64.9 Å². The minimum Gasteiger partial charge on any atom is -0.321 e. The number of nitrogens with two attached hydrogens (primary N) is 1. The number of hydrogen-bond acceptors (Lipinski definition) is 2. The van der Waals surface area contributed by atoms with Crippen LogP contribution in [0.25, 0.3) is 0 Å². The van der Waals surface area contributed by atoms with Crippen LogP contribution in [0.2, 0.25) is 0 Å². The third-order valence-electron chi connectivity index (χ3n) is 2.18. The van der Waals surface area contributed by atoms with Crippen LogP contribution in [0.1, 0.15) is 24.0 Å². The van der Waals surface area contributed by atoms with E-state index in [1.54, 1.807) is 11.3 Å². The summed E-state index contributed by atoms with van der Waals surface area (Å²) in [7, 11) is 0. The molecule has 2 rings (SSSR count). The van der Waals surface area contributed by atoms with E-state index in [4.69, 9.17) is 5.73 Å². The van der Waals surface area contributed by atoms with Crippen molar-refractivity contribution in [2.75, 3.05) is 0 Å². The quantitative estimate of drug-likeness (QED) is 0.656. The molecule has 2 heteroatoms. The lowest BCUT2D eigenvalue weighted by Gasteiger charge is -2.06. The zero-order chi connectivity index (χ0) is 7.19. The van der Waals surface area contributed by atoms with Crippen molar-refractivity contribution in [3.8, 4) is 0 Å². The lowest BCUT2D eigenvalue weighted by molar-refractivity contribution is 0.738. The highest BCUT2D eigenvalue weighted by molar-refractivity contribution is 7.08. The van der Waals surface area contributed by atoms with Crippen LogP contribution in [-0.4, -0.2) is 0 Å². The summed E-state index contributed by atoms with van der Waals surface area (Å²) in [5, 5.41) is 4.35. The minimum atomic E-state index is 0.0735. The largest absolute Gasteiger partial charge is 0.321 e. The summed E-state index contributed by atoms with van der Waals surface area (Å²) in [5.74, 6) is 0. The van der Waals surface area contributed by atoms with Gasteiger partial charge in [-0.15, -0.1) is 0 Å². The second-order valence-corrected chi connectivity index (χ2v) is 3.87. The SMILES string of the molecule is Cc1cscc1C1(N)CC1. The summed E-state index contributed by atoms with van der Waals surface area (Å²) in [4.78, 5) is 0. The molecule has 10 heavy (non-hydrogen) atoms. The molecule has 1 nitrogen and oxygen atoms in total. The van der Waals surface area contributed by atoms with E-state index in [9.17, 15) is 0 Å². The van der Waals surface area contributed by atoms with Crippen LogP contribution in [-0.2, 0) is 5.54 Å². The maximum atomic E-state index is 6.02. The molecule has 1 aromatic heterocycles. The first-order valence-corrected chi connectivity index (χ1v) is 4.49. The Morgan fingerprint density at radius 2 is 2.20 bits per heavy atom. The topological polar surface area (TPSA) is 26.0 Å². The second-order valence-electron chi connectivity index (χ2n) is 3.12. The van der Waals surface area contributed by atoms with Crippen molar-refractivity contribution in [3.05, 3.63) is 21.9 Å². The van der Waals surface area contributed by atoms with Crippen molar-refractivity contribution in [2.24, 2.45) is 5.73 Å². The zero-order valence-electron chi connectivity index (χ0n) is 6.05. The summed E-state index contributed by atoms with van der Waals surface area (Å²) in [6, 6.07) is 0. The molecular weight excluding hydrogens is 142 g/mol. The molecule has 0 aromatic carbocycles. The fraction of sp³-hybridized carbons (Fsp3) is 0.500. The third kappa shape index (κ3) is 0.796. The molecule has 0 atom stereocenters. The summed E-state index contributed by atoms with van der Waals surface area (Å²) in [6.07, 6.45) is 2.34. The first-order valence-electron chi connectivity index (χ1n) is 3.54. The minimum absolute atomic E-state index is 0.0735. The smallest absolute Gasteiger partial charge is 0.0422 e. The molecular formula is C8H11NS. The number of thiophene rings is 1. The molecule has 0 unspecified atom stereocenters. The molecule has 54 valence electrons. The molecule has 0 saturated heterocycles. The van der Waals surface area contributed by atoms with Crippen molar-refractivity contribution < 1.29 is 0 Å². The average Bonchev–Trinajstić information content (AvgIpc) is 2.44. The molecule has 1 aliphatic carbocycles. The molecule has 1 heterocycles. The molecule has 1 aliphatic rings. The highest BCUT2D eigenvalue weighted by Gasteiger charge is 2.41. The molecule has 0 spiro atoms. The lowest BCUT2D eigenvalue weighted by Crippen LogP contribution is -2.18. The van der Waals surface area contributed by atoms with E-state index in [2.05, 4.69) is 17.7 Å². The average molecular weight is 153 g/mol. The highest BCUT2D eigenvalue weighted by Crippen LogP contribution is 2.44. The van der Waals surface area contributed by atoms with E-state index < -0.39 is 0 Å². The van der Waals surface area contributed by atoms with Crippen LogP contribution in [0.5, 0.6) is 0 Å². The zero-order valence-corrected chi connectivity index (χ0v) is 6.87. The molecule has 1 fully saturated rings. The van der Waals surface area contributed by atoms with Crippen molar-refractivity contribution in [1.82, 2.24) is 0 Å². The molecule has 0 radical (unpaired) electrons. The van der Waals surface area contributed by atoms with Gasteiger partial charge in [0.25, 0.3) is 0 Å². The monoisotopic (exact) mass is 153 g/mol. The summed E-state index contributed by atoms with van der Waals surface area (Å²) >= 11 is 1.75. The van der Waals surface area contributed by atoms with Crippen molar-refractivity contribution in [3.63, 3.8) is 0 Å². The Hall–Kier alpha value is -0.340. The van der Waals surface area contributed by atoms with Gasteiger partial charge in [0.05, 0.1) is 0 Å². The van der Waals surface area contributed by atoms with Crippen LogP contribution in [0, 0.1) is 6.92 Å². The van der Waals surface area contributed by atoms with Crippen molar-refractivity contribution in [1.29, 1.82) is 0 Å². The van der Waals surface area contributed by atoms with Crippen molar-refractivity contribution in [2.45, 2.75) is 25.3 Å². The van der Waals surface area contributed by atoms with Gasteiger partial charge in [0.15, 0.2) is 0 Å². The Morgan fingerprint density at radius 1 is 1.50 bits per heavy atom. The molecule has 1 aromatic rings. The van der Waals surface area contributed by atoms with Crippen molar-refractivity contribution >= 4 is 11.3 Å². The summed E-state index contributed by atoms with van der Waals surface area (Å²) in [6.45, 7) is 2.14. The van der Waals surface area contributed by atoms with Crippen LogP contribution in [0.15, 0.2) is 10.8 Å². The van der Waals surface area contributed by atoms with Gasteiger partial charge in [-0.05, 0) is 41.7 Å². The van der Waals surface area contributed by atoms with E-state index in [0.29, 0.717) is 0 Å². The van der Waals surface area contributed by atoms with Crippen LogP contribution in [0.4, 0.5) is 0 Å². The van der Waals surface area contributed by atoms with E-state index in [1.807, 2.05) is 0 Å². The Morgan fingerprint density at radius 3 is 2.60 bits per heavy atom. The van der Waals surface area contributed by atoms with Gasteiger partial charge in [0.2, 0.25) is 0 Å². The molecule has 0 amide bonds. The maximum absolute atomic E-state index is 6.02. The maximum Gasteiger partial charge on any atom is 0.0422 e. The van der Waals surface area contributed by atoms with Crippen LogP contribution >= 0.6 is 11.3 Å². The highest BCUT2D eigenvalue weighted by atomic mass is 32.1. The predicted octanol–water partition coefficient (Wildman–Crippen LogP) is 2.00. The molecule has 1 saturated carbocycles. The fourth-order valence-electron chi connectivity index (χ4n) is 1.27. The van der Waals surface area contributed by atoms with Gasteiger partial charge >= 0.3 is 0 Å². The fourth-order valence-corrected chi connectivity index (χ4v) is 2.23. The molecule has 2 N–H and O–H groups in total. The Balaban J connectivity index is 2.42. The van der Waals surface area contributed by atoms with E-state index >= 15 is 0 Å². The first-order chi connectivity index (χ1) is 4.72. The van der Waals surface area contributed by atoms with Gasteiger partial charge < -0.3 is 5.73 Å². The predicted molar refractivity (Wildman–Crippen MR) is 44.2 cm³/mol. The van der Waals surface area contributed by atoms with Gasteiger partial charge in [-0.1, -0.05) is 0 Å². The van der Waals surface area contributed by atoms with Gasteiger partial charge in [-0.25, -0.2) is 0 Å². The van der Waals surface area contributed by atoms with Gasteiger partial charge in [-0.2, -0.15) is 11.3 Å². The van der Waals surface area contributed by atoms with Crippen LogP contribution < -0.4 is 5.73 Å². The summed E-state index contributed by atoms with van der Waals surface area (Å²) < 4.78 is 0. The summed E-state index contributed by atoms with van der Waals surface area (Å²) in [5.41, 5.74) is 8.83.